The minimum atomic E-state index is 0.358. The van der Waals surface area contributed by atoms with E-state index in [2.05, 4.69) is 114 Å². The zero-order valence-corrected chi connectivity index (χ0v) is 29.5. The molecule has 238 valence electrons. The molecule has 1 fully saturated rings. The van der Waals surface area contributed by atoms with Crippen molar-refractivity contribution >= 4 is 0 Å². The Hall–Kier alpha value is -2.58. The molecule has 0 heterocycles. The fourth-order valence-electron chi connectivity index (χ4n) is 5.06. The zero-order valence-electron chi connectivity index (χ0n) is 29.5. The van der Waals surface area contributed by atoms with E-state index in [0.717, 1.165) is 31.0 Å². The van der Waals surface area contributed by atoms with Gasteiger partial charge in [-0.3, -0.25) is 0 Å². The molecule has 0 amide bonds. The third kappa shape index (κ3) is 17.4. The Labute approximate surface area is 263 Å². The molecule has 1 aliphatic rings. The highest BCUT2D eigenvalue weighted by atomic mass is 14.9. The van der Waals surface area contributed by atoms with Gasteiger partial charge >= 0.3 is 0 Å². The monoisotopic (exact) mass is 577 g/mol. The molecule has 0 bridgehead atoms. The van der Waals surface area contributed by atoms with Crippen molar-refractivity contribution in [3.63, 3.8) is 0 Å². The first-order chi connectivity index (χ1) is 20.2. The lowest BCUT2D eigenvalue weighted by Crippen LogP contribution is -2.42. The van der Waals surface area contributed by atoms with Crippen molar-refractivity contribution in [2.75, 3.05) is 0 Å². The van der Waals surface area contributed by atoms with Crippen LogP contribution < -0.4 is 10.6 Å². The summed E-state index contributed by atoms with van der Waals surface area (Å²) < 4.78 is 0. The maximum absolute atomic E-state index is 3.82. The van der Waals surface area contributed by atoms with Gasteiger partial charge in [-0.2, -0.15) is 0 Å². The van der Waals surface area contributed by atoms with Crippen LogP contribution in [0.3, 0.4) is 0 Å². The second kappa shape index (κ2) is 26.1. The molecule has 0 aliphatic heterocycles. The van der Waals surface area contributed by atoms with Crippen LogP contribution in [0.4, 0.5) is 0 Å². The lowest BCUT2D eigenvalue weighted by molar-refractivity contribution is 0.195. The van der Waals surface area contributed by atoms with Gasteiger partial charge in [-0.15, -0.1) is 0 Å². The van der Waals surface area contributed by atoms with E-state index in [0.29, 0.717) is 17.5 Å². The summed E-state index contributed by atoms with van der Waals surface area (Å²) in [4.78, 5) is 0. The SMILES string of the molecule is C=C/C=C1/CC(NC(/C=C\C)=C/C=C)C/C1=C/C.CC.CC.CCCC(C)CC(NCc1ccccc1)C(C)(C)CC. The fraction of sp³-hybridized carbons (Fsp3) is 0.550. The van der Waals surface area contributed by atoms with Crippen LogP contribution in [0, 0.1) is 11.3 Å². The Kier molecular flexibility index (Phi) is 25.8. The van der Waals surface area contributed by atoms with E-state index in [9.17, 15) is 0 Å². The highest BCUT2D eigenvalue weighted by molar-refractivity contribution is 5.40. The maximum atomic E-state index is 3.82. The Balaban J connectivity index is 0. The standard InChI is InChI=1S/C19H33N.C17H23N.2C2H6/c1-6-11-16(3)14-18(19(4,5)7-2)20-15-17-12-9-8-10-13-17;1-5-9-15-13-17(12-14(15)8-4)18-16(10-6-2)11-7-3;2*1-2/h8-10,12-13,16,18,20H,6-7,11,14-15H2,1-5H3;5-11,17-18H,1-2,12-13H2,3-4H3;2*1-2H3/b;11-7-,14-8-,15-9-,16-10+;;. The molecule has 1 aliphatic carbocycles. The normalized spacial score (nSPS) is 18.2. The molecule has 3 unspecified atom stereocenters. The van der Waals surface area contributed by atoms with Crippen LogP contribution in [-0.4, -0.2) is 12.1 Å². The molecule has 2 nitrogen and oxygen atoms in total. The first-order valence-corrected chi connectivity index (χ1v) is 16.7. The number of allylic oxidation sites excluding steroid dienone is 7. The van der Waals surface area contributed by atoms with E-state index in [1.165, 1.54) is 42.4 Å². The molecular formula is C40H68N2. The Morgan fingerprint density at radius 2 is 1.60 bits per heavy atom. The molecule has 0 spiro atoms. The largest absolute Gasteiger partial charge is 0.382 e. The molecule has 3 atom stereocenters. The lowest BCUT2D eigenvalue weighted by atomic mass is 9.77. The van der Waals surface area contributed by atoms with E-state index in [4.69, 9.17) is 0 Å². The van der Waals surface area contributed by atoms with E-state index in [1.807, 2.05) is 58.9 Å². The van der Waals surface area contributed by atoms with Crippen LogP contribution in [0.25, 0.3) is 0 Å². The van der Waals surface area contributed by atoms with Crippen LogP contribution in [-0.2, 0) is 6.54 Å². The molecule has 0 saturated heterocycles. The summed E-state index contributed by atoms with van der Waals surface area (Å²) in [5, 5.41) is 7.37. The quantitative estimate of drug-likeness (QED) is 0.215. The molecule has 1 saturated carbocycles. The predicted molar refractivity (Wildman–Crippen MR) is 194 cm³/mol. The zero-order chi connectivity index (χ0) is 32.4. The summed E-state index contributed by atoms with van der Waals surface area (Å²) >= 11 is 0. The minimum Gasteiger partial charge on any atom is -0.382 e. The summed E-state index contributed by atoms with van der Waals surface area (Å²) in [6.45, 7) is 32.4. The number of rotatable bonds is 14. The van der Waals surface area contributed by atoms with Crippen LogP contribution in [0.15, 0.2) is 103 Å². The first-order valence-electron chi connectivity index (χ1n) is 16.7. The van der Waals surface area contributed by atoms with Crippen LogP contribution in [0.1, 0.15) is 120 Å². The minimum absolute atomic E-state index is 0.358. The summed E-state index contributed by atoms with van der Waals surface area (Å²) in [6.07, 6.45) is 21.4. The molecule has 0 radical (unpaired) electrons. The second-order valence-corrected chi connectivity index (χ2v) is 11.2. The van der Waals surface area contributed by atoms with E-state index < -0.39 is 0 Å². The van der Waals surface area contributed by atoms with Gasteiger partial charge in [-0.05, 0) is 79.7 Å². The Bertz CT molecular complexity index is 930. The van der Waals surface area contributed by atoms with Crippen molar-refractivity contribution in [2.24, 2.45) is 11.3 Å². The van der Waals surface area contributed by atoms with Gasteiger partial charge in [-0.25, -0.2) is 0 Å². The number of hydrogen-bond donors (Lipinski definition) is 2. The van der Waals surface area contributed by atoms with Crippen molar-refractivity contribution < 1.29 is 0 Å². The molecule has 1 aromatic rings. The van der Waals surface area contributed by atoms with Gasteiger partial charge in [0, 0.05) is 24.3 Å². The Morgan fingerprint density at radius 3 is 2.10 bits per heavy atom. The van der Waals surface area contributed by atoms with E-state index in [1.54, 1.807) is 0 Å². The summed E-state index contributed by atoms with van der Waals surface area (Å²) in [5.41, 5.74) is 5.67. The van der Waals surface area contributed by atoms with Gasteiger partial charge in [0.2, 0.25) is 0 Å². The van der Waals surface area contributed by atoms with Crippen LogP contribution in [0.2, 0.25) is 0 Å². The molecule has 2 N–H and O–H groups in total. The van der Waals surface area contributed by atoms with E-state index in [-0.39, 0.29) is 0 Å². The molecule has 2 rings (SSSR count). The van der Waals surface area contributed by atoms with Crippen molar-refractivity contribution in [3.8, 4) is 0 Å². The van der Waals surface area contributed by atoms with Gasteiger partial charge in [0.1, 0.15) is 0 Å². The van der Waals surface area contributed by atoms with Gasteiger partial charge < -0.3 is 10.6 Å². The number of hydrogen-bond acceptors (Lipinski definition) is 2. The molecular weight excluding hydrogens is 508 g/mol. The van der Waals surface area contributed by atoms with Crippen molar-refractivity contribution in [2.45, 2.75) is 133 Å². The third-order valence-corrected chi connectivity index (χ3v) is 7.70. The molecule has 0 aromatic heterocycles. The van der Waals surface area contributed by atoms with Crippen LogP contribution >= 0.6 is 0 Å². The average molecular weight is 577 g/mol. The van der Waals surface area contributed by atoms with Gasteiger partial charge in [0.15, 0.2) is 0 Å². The topological polar surface area (TPSA) is 24.1 Å². The van der Waals surface area contributed by atoms with Crippen LogP contribution in [0.5, 0.6) is 0 Å². The highest BCUT2D eigenvalue weighted by Gasteiger charge is 2.28. The van der Waals surface area contributed by atoms with Crippen molar-refractivity contribution in [3.05, 3.63) is 108 Å². The predicted octanol–water partition coefficient (Wildman–Crippen LogP) is 11.9. The lowest BCUT2D eigenvalue weighted by Gasteiger charge is -2.36. The molecule has 1 aromatic carbocycles. The summed E-state index contributed by atoms with van der Waals surface area (Å²) in [5.74, 6) is 0.805. The van der Waals surface area contributed by atoms with Crippen molar-refractivity contribution in [1.29, 1.82) is 0 Å². The summed E-state index contributed by atoms with van der Waals surface area (Å²) in [7, 11) is 0. The van der Waals surface area contributed by atoms with Gasteiger partial charge in [0.05, 0.1) is 0 Å². The molecule has 42 heavy (non-hydrogen) atoms. The summed E-state index contributed by atoms with van der Waals surface area (Å²) in [6, 6.07) is 11.8. The first kappa shape index (κ1) is 41.6. The fourth-order valence-corrected chi connectivity index (χ4v) is 5.06. The second-order valence-electron chi connectivity index (χ2n) is 11.2. The molecule has 2 heteroatoms. The third-order valence-electron chi connectivity index (χ3n) is 7.70. The average Bonchev–Trinajstić information content (AvgIpc) is 3.39. The van der Waals surface area contributed by atoms with Gasteiger partial charge in [0.25, 0.3) is 0 Å². The van der Waals surface area contributed by atoms with E-state index >= 15 is 0 Å². The number of benzene rings is 1. The van der Waals surface area contributed by atoms with Gasteiger partial charge in [-0.1, -0.05) is 149 Å². The highest BCUT2D eigenvalue weighted by Crippen LogP contribution is 2.32. The van der Waals surface area contributed by atoms with Crippen molar-refractivity contribution in [1.82, 2.24) is 10.6 Å². The smallest absolute Gasteiger partial charge is 0.0342 e. The maximum Gasteiger partial charge on any atom is 0.0342 e. The Morgan fingerprint density at radius 1 is 0.976 bits per heavy atom. The number of nitrogens with one attached hydrogen (secondary N) is 2.